The Morgan fingerprint density at radius 3 is 2.32 bits per heavy atom. The van der Waals surface area contributed by atoms with Gasteiger partial charge < -0.3 is 10.2 Å². The lowest BCUT2D eigenvalue weighted by atomic mass is 9.95. The molecule has 3 N–H and O–H groups in total. The molecular weight excluding hydrogens is 446 g/mol. The summed E-state index contributed by atoms with van der Waals surface area (Å²) in [5, 5.41) is 24.1. The highest BCUT2D eigenvalue weighted by Crippen LogP contribution is 2.39. The van der Waals surface area contributed by atoms with Crippen molar-refractivity contribution in [3.8, 4) is 22.8 Å². The van der Waals surface area contributed by atoms with E-state index in [1.54, 1.807) is 36.7 Å². The minimum absolute atomic E-state index is 0.0443. The maximum Gasteiger partial charge on any atom is 0.282 e. The lowest BCUT2D eigenvalue weighted by Gasteiger charge is -2.21. The van der Waals surface area contributed by atoms with Crippen LogP contribution in [0.15, 0.2) is 118 Å². The number of aromatic nitrogens is 3. The number of hydrogen-bond donors (Lipinski definition) is 3. The highest BCUT2D eigenvalue weighted by atomic mass is 32.2. The number of nitrogens with zero attached hydrogens (tertiary/aromatic N) is 2. The average molecular weight is 468 g/mol. The Morgan fingerprint density at radius 2 is 1.56 bits per heavy atom. The summed E-state index contributed by atoms with van der Waals surface area (Å²) in [4.78, 5) is 17.7. The minimum atomic E-state index is -0.482. The summed E-state index contributed by atoms with van der Waals surface area (Å²) in [7, 11) is 0. The molecule has 3 aromatic carbocycles. The van der Waals surface area contributed by atoms with Crippen molar-refractivity contribution in [1.82, 2.24) is 14.8 Å². The van der Waals surface area contributed by atoms with E-state index >= 15 is 0 Å². The highest BCUT2D eigenvalue weighted by Gasteiger charge is 2.25. The van der Waals surface area contributed by atoms with E-state index in [0.717, 1.165) is 34.0 Å². The minimum Gasteiger partial charge on any atom is -0.507 e. The van der Waals surface area contributed by atoms with Crippen LogP contribution in [0, 0.1) is 0 Å². The fraction of sp³-hybridized carbons (Fsp3) is 0.0370. The van der Waals surface area contributed by atoms with Gasteiger partial charge in [0.2, 0.25) is 5.88 Å². The molecule has 6 nitrogen and oxygen atoms in total. The molecule has 1 atom stereocenters. The molecule has 5 rings (SSSR count). The van der Waals surface area contributed by atoms with Gasteiger partial charge in [0.05, 0.1) is 4.90 Å². The van der Waals surface area contributed by atoms with Crippen LogP contribution in [0.25, 0.3) is 11.1 Å². The number of pyridine rings is 1. The van der Waals surface area contributed by atoms with E-state index in [0.29, 0.717) is 4.90 Å². The SMILES string of the molecule is O=c1[nH]n(C(c2ccccc2)c2cccc(-c3cccnc3)c2)c(O)c1Sc1ccccc1O. The Kier molecular flexibility index (Phi) is 5.93. The van der Waals surface area contributed by atoms with Crippen molar-refractivity contribution in [2.75, 3.05) is 0 Å². The van der Waals surface area contributed by atoms with E-state index in [4.69, 9.17) is 0 Å². The first-order valence-corrected chi connectivity index (χ1v) is 11.5. The van der Waals surface area contributed by atoms with Gasteiger partial charge in [-0.25, -0.2) is 4.68 Å². The summed E-state index contributed by atoms with van der Waals surface area (Å²) in [6.07, 6.45) is 3.53. The van der Waals surface area contributed by atoms with Crippen LogP contribution in [-0.4, -0.2) is 25.0 Å². The smallest absolute Gasteiger partial charge is 0.282 e. The Hall–Kier alpha value is -4.23. The van der Waals surface area contributed by atoms with Crippen molar-refractivity contribution in [3.63, 3.8) is 0 Å². The summed E-state index contributed by atoms with van der Waals surface area (Å²) in [5.41, 5.74) is 3.29. The number of H-pyrrole nitrogens is 1. The highest BCUT2D eigenvalue weighted by molar-refractivity contribution is 7.99. The first-order chi connectivity index (χ1) is 16.6. The average Bonchev–Trinajstić information content (AvgIpc) is 3.15. The second kappa shape index (κ2) is 9.33. The maximum atomic E-state index is 12.9. The monoisotopic (exact) mass is 467 g/mol. The van der Waals surface area contributed by atoms with E-state index in [9.17, 15) is 15.0 Å². The molecular formula is C27H21N3O3S. The van der Waals surface area contributed by atoms with Crippen molar-refractivity contribution < 1.29 is 10.2 Å². The molecule has 0 spiro atoms. The zero-order valence-corrected chi connectivity index (χ0v) is 18.8. The predicted molar refractivity (Wildman–Crippen MR) is 132 cm³/mol. The van der Waals surface area contributed by atoms with Gasteiger partial charge in [0.15, 0.2) is 0 Å². The fourth-order valence-electron chi connectivity index (χ4n) is 3.90. The predicted octanol–water partition coefficient (Wildman–Crippen LogP) is 5.44. The second-order valence-electron chi connectivity index (χ2n) is 7.71. The van der Waals surface area contributed by atoms with Crippen LogP contribution in [0.2, 0.25) is 0 Å². The largest absolute Gasteiger partial charge is 0.507 e. The van der Waals surface area contributed by atoms with Gasteiger partial charge in [0, 0.05) is 12.4 Å². The molecule has 0 aliphatic rings. The van der Waals surface area contributed by atoms with E-state index in [2.05, 4.69) is 10.1 Å². The van der Waals surface area contributed by atoms with Gasteiger partial charge in [0.25, 0.3) is 5.56 Å². The zero-order valence-electron chi connectivity index (χ0n) is 18.0. The van der Waals surface area contributed by atoms with E-state index in [1.807, 2.05) is 66.7 Å². The molecule has 0 amide bonds. The van der Waals surface area contributed by atoms with Crippen molar-refractivity contribution in [3.05, 3.63) is 125 Å². The number of para-hydroxylation sites is 1. The second-order valence-corrected chi connectivity index (χ2v) is 8.77. The van der Waals surface area contributed by atoms with E-state index < -0.39 is 11.6 Å². The van der Waals surface area contributed by atoms with Crippen molar-refractivity contribution in [2.45, 2.75) is 15.8 Å². The number of phenols is 1. The summed E-state index contributed by atoms with van der Waals surface area (Å²) in [6.45, 7) is 0. The molecule has 7 heteroatoms. The Labute approximate surface area is 200 Å². The molecule has 5 aromatic rings. The van der Waals surface area contributed by atoms with Gasteiger partial charge in [-0.2, -0.15) is 0 Å². The maximum absolute atomic E-state index is 12.9. The standard InChI is InChI=1S/C27H21N3O3S/c31-22-13-4-5-14-23(22)34-25-26(32)29-30(27(25)33)24(18-8-2-1-3-9-18)20-11-6-10-19(16-20)21-12-7-15-28-17-21/h1-17,24,31,33H,(H,29,32). The third-order valence-electron chi connectivity index (χ3n) is 5.51. The number of nitrogens with one attached hydrogen (secondary N) is 1. The van der Waals surface area contributed by atoms with Crippen LogP contribution in [0.4, 0.5) is 0 Å². The molecule has 0 fully saturated rings. The molecule has 0 aliphatic heterocycles. The molecule has 0 bridgehead atoms. The molecule has 2 aromatic heterocycles. The quantitative estimate of drug-likeness (QED) is 0.309. The van der Waals surface area contributed by atoms with Crippen LogP contribution >= 0.6 is 11.8 Å². The Balaban J connectivity index is 1.63. The Bertz CT molecular complexity index is 1480. The molecule has 1 unspecified atom stereocenters. The fourth-order valence-corrected chi connectivity index (χ4v) is 4.77. The molecule has 0 radical (unpaired) electrons. The summed E-state index contributed by atoms with van der Waals surface area (Å²) < 4.78 is 1.47. The van der Waals surface area contributed by atoms with Crippen LogP contribution in [0.5, 0.6) is 11.6 Å². The molecule has 168 valence electrons. The van der Waals surface area contributed by atoms with Crippen LogP contribution < -0.4 is 5.56 Å². The van der Waals surface area contributed by atoms with Gasteiger partial charge in [-0.3, -0.25) is 14.9 Å². The van der Waals surface area contributed by atoms with E-state index in [1.165, 1.54) is 4.68 Å². The van der Waals surface area contributed by atoms with Gasteiger partial charge in [0.1, 0.15) is 16.7 Å². The van der Waals surface area contributed by atoms with Gasteiger partial charge in [-0.15, -0.1) is 0 Å². The number of aromatic hydroxyl groups is 2. The third-order valence-corrected chi connectivity index (χ3v) is 6.64. The topological polar surface area (TPSA) is 91.1 Å². The number of benzene rings is 3. The first kappa shape index (κ1) is 21.6. The zero-order chi connectivity index (χ0) is 23.5. The molecule has 0 aliphatic carbocycles. The molecule has 2 heterocycles. The van der Waals surface area contributed by atoms with Crippen LogP contribution in [-0.2, 0) is 0 Å². The number of phenolic OH excluding ortho intramolecular Hbond substituents is 1. The Morgan fingerprint density at radius 1 is 0.824 bits per heavy atom. The van der Waals surface area contributed by atoms with E-state index in [-0.39, 0.29) is 16.5 Å². The molecule has 34 heavy (non-hydrogen) atoms. The number of aromatic amines is 1. The van der Waals surface area contributed by atoms with Crippen molar-refractivity contribution in [1.29, 1.82) is 0 Å². The van der Waals surface area contributed by atoms with Gasteiger partial charge in [-0.05, 0) is 46.5 Å². The van der Waals surface area contributed by atoms with Crippen molar-refractivity contribution >= 4 is 11.8 Å². The molecule has 0 saturated heterocycles. The van der Waals surface area contributed by atoms with Gasteiger partial charge >= 0.3 is 0 Å². The van der Waals surface area contributed by atoms with Crippen LogP contribution in [0.1, 0.15) is 17.2 Å². The third kappa shape index (κ3) is 4.21. The first-order valence-electron chi connectivity index (χ1n) is 10.7. The van der Waals surface area contributed by atoms with Crippen molar-refractivity contribution in [2.24, 2.45) is 0 Å². The molecule has 0 saturated carbocycles. The summed E-state index contributed by atoms with van der Waals surface area (Å²) in [5.74, 6) is -0.151. The normalized spacial score (nSPS) is 11.9. The number of hydrogen-bond acceptors (Lipinski definition) is 5. The summed E-state index contributed by atoms with van der Waals surface area (Å²) in [6, 6.07) is 27.7. The van der Waals surface area contributed by atoms with Gasteiger partial charge in [-0.1, -0.05) is 78.5 Å². The lowest BCUT2D eigenvalue weighted by Crippen LogP contribution is -2.16. The summed E-state index contributed by atoms with van der Waals surface area (Å²) >= 11 is 1.02. The number of rotatable bonds is 6. The van der Waals surface area contributed by atoms with Crippen LogP contribution in [0.3, 0.4) is 0 Å². The lowest BCUT2D eigenvalue weighted by molar-refractivity contribution is 0.384.